The number of carbonyl (C=O) groups excluding carboxylic acids is 2. The number of nitrogens with one attached hydrogen (secondary N) is 1. The molecule has 1 saturated heterocycles. The van der Waals surface area contributed by atoms with Gasteiger partial charge in [0.1, 0.15) is 11.4 Å². The molecule has 7 atom stereocenters. The van der Waals surface area contributed by atoms with Crippen molar-refractivity contribution in [2.45, 2.75) is 68.6 Å². The number of fused-ring (bicyclic) bond motifs is 4. The van der Waals surface area contributed by atoms with Crippen molar-refractivity contribution in [3.05, 3.63) is 70.3 Å². The van der Waals surface area contributed by atoms with Crippen LogP contribution in [0.15, 0.2) is 48.6 Å². The average Bonchev–Trinajstić information content (AvgIpc) is 3.28. The normalized spacial score (nSPS) is 34.1. The van der Waals surface area contributed by atoms with E-state index in [9.17, 15) is 13.8 Å². The summed E-state index contributed by atoms with van der Waals surface area (Å²) in [7, 11) is 0.268. The molecule has 12 heteroatoms. The number of halogens is 1. The summed E-state index contributed by atoms with van der Waals surface area (Å²) in [6, 6.07) is 11.9. The first-order valence-electron chi connectivity index (χ1n) is 19.1. The van der Waals surface area contributed by atoms with Gasteiger partial charge in [0.25, 0.3) is 5.91 Å². The second kappa shape index (κ2) is 15.1. The predicted molar refractivity (Wildman–Crippen MR) is 212 cm³/mol. The number of carbonyl (C=O) groups is 2. The Bertz CT molecular complexity index is 1850. The van der Waals surface area contributed by atoms with Gasteiger partial charge in [0.15, 0.2) is 0 Å². The van der Waals surface area contributed by atoms with E-state index in [0.29, 0.717) is 44.1 Å². The van der Waals surface area contributed by atoms with Gasteiger partial charge in [-0.05, 0) is 111 Å². The first-order valence-corrected chi connectivity index (χ1v) is 21.3. The Balaban J connectivity index is 1.28. The average molecular weight is 767 g/mol. The molecular weight excluding hydrogens is 712 g/mol. The zero-order valence-corrected chi connectivity index (χ0v) is 33.2. The van der Waals surface area contributed by atoms with Crippen LogP contribution in [0.25, 0.3) is 0 Å². The van der Waals surface area contributed by atoms with E-state index in [4.69, 9.17) is 25.8 Å². The fourth-order valence-electron chi connectivity index (χ4n) is 9.47. The predicted octanol–water partition coefficient (Wildman–Crippen LogP) is 5.95. The summed E-state index contributed by atoms with van der Waals surface area (Å²) in [5.74, 6) is 4.93. The van der Waals surface area contributed by atoms with E-state index in [1.54, 1.807) is 11.0 Å². The number of aryl methyl sites for hydroxylation is 1. The first kappa shape index (κ1) is 38.0. The quantitative estimate of drug-likeness (QED) is 0.302. The van der Waals surface area contributed by atoms with E-state index in [2.05, 4.69) is 51.6 Å². The molecule has 3 heterocycles. The van der Waals surface area contributed by atoms with Crippen LogP contribution in [0.2, 0.25) is 5.02 Å². The van der Waals surface area contributed by atoms with E-state index >= 15 is 0 Å². The van der Waals surface area contributed by atoms with Crippen molar-refractivity contribution >= 4 is 44.9 Å². The Hall–Kier alpha value is -3.25. The molecule has 0 radical (unpaired) electrons. The molecule has 2 aliphatic carbocycles. The van der Waals surface area contributed by atoms with Crippen molar-refractivity contribution in [2.24, 2.45) is 17.8 Å². The molecule has 2 aromatic rings. The number of methoxy groups -OCH3 is 2. The van der Waals surface area contributed by atoms with E-state index in [1.165, 1.54) is 18.2 Å². The van der Waals surface area contributed by atoms with Crippen molar-refractivity contribution < 1.29 is 28.0 Å². The number of benzene rings is 2. The van der Waals surface area contributed by atoms with Crippen molar-refractivity contribution in [2.75, 3.05) is 71.5 Å². The Kier molecular flexibility index (Phi) is 10.9. The lowest BCUT2D eigenvalue weighted by Crippen LogP contribution is -2.59. The molecule has 288 valence electrons. The molecule has 2 amide bonds. The number of hydrogen-bond donors (Lipinski definition) is 1. The Labute approximate surface area is 320 Å². The third-order valence-electron chi connectivity index (χ3n) is 13.0. The van der Waals surface area contributed by atoms with Crippen LogP contribution in [-0.4, -0.2) is 109 Å². The second-order valence-corrected chi connectivity index (χ2v) is 18.9. The van der Waals surface area contributed by atoms with Crippen LogP contribution in [-0.2, 0) is 31.0 Å². The lowest BCUT2D eigenvalue weighted by Gasteiger charge is -2.52. The molecule has 1 unspecified atom stereocenters. The molecule has 2 aromatic carbocycles. The van der Waals surface area contributed by atoms with Gasteiger partial charge in [-0.2, -0.15) is 0 Å². The summed E-state index contributed by atoms with van der Waals surface area (Å²) < 4.78 is 35.2. The molecule has 0 aromatic heterocycles. The number of hydrogen-bond acceptors (Lipinski definition) is 8. The molecule has 2 bridgehead atoms. The fraction of sp³-hybridized carbons (Fsp3) is 0.585. The fourth-order valence-corrected chi connectivity index (χ4v) is 11.1. The van der Waals surface area contributed by atoms with Crippen LogP contribution in [0.4, 0.5) is 10.5 Å². The summed E-state index contributed by atoms with van der Waals surface area (Å²) in [5.41, 5.74) is 3.05. The zero-order chi connectivity index (χ0) is 37.5. The van der Waals surface area contributed by atoms with Crippen LogP contribution >= 0.6 is 11.6 Å². The van der Waals surface area contributed by atoms with Gasteiger partial charge in [-0.1, -0.05) is 36.7 Å². The van der Waals surface area contributed by atoms with E-state index in [-0.39, 0.29) is 28.6 Å². The molecule has 53 heavy (non-hydrogen) atoms. The molecule has 1 spiro atoms. The van der Waals surface area contributed by atoms with Gasteiger partial charge in [-0.25, -0.2) is 9.00 Å². The van der Waals surface area contributed by atoms with Crippen LogP contribution in [0.3, 0.4) is 0 Å². The number of rotatable bonds is 3. The van der Waals surface area contributed by atoms with E-state index in [0.717, 1.165) is 74.7 Å². The minimum atomic E-state index is -2.99. The molecule has 10 nitrogen and oxygen atoms in total. The summed E-state index contributed by atoms with van der Waals surface area (Å²) in [6.45, 7) is 9.35. The van der Waals surface area contributed by atoms with E-state index in [1.807, 2.05) is 32.2 Å². The molecule has 1 saturated carbocycles. The summed E-state index contributed by atoms with van der Waals surface area (Å²) in [6.07, 6.45) is 9.91. The monoisotopic (exact) mass is 766 g/mol. The molecule has 2 fully saturated rings. The maximum Gasteiger partial charge on any atom is 0.409 e. The highest BCUT2D eigenvalue weighted by Gasteiger charge is 2.50. The standard InChI is InChI=1S/C41H55ClN4O6S/c1-28-8-6-17-41(51-4,26-44-18-20-45(21-19-44)39(48)50-3)35-13-10-32(35)24-46-25-40(16-7-9-30-22-33(42)12-14-34(30)40)27-52-37-15-11-31(23-36(37)46)38(47)43-53(5,49)29(28)2/h6,11-12,14-15,17,22-23,28-29,32,35H,5,7-10,13,16,18-21,24-27H2,1-4H3,(H,43,47,49)/b17-6+/t28-,29+,32-,35+,40-,41+,53?/m0/s1. The van der Waals surface area contributed by atoms with Gasteiger partial charge >= 0.3 is 6.09 Å². The molecular formula is C41H55ClN4O6S. The van der Waals surface area contributed by atoms with Gasteiger partial charge in [0.2, 0.25) is 0 Å². The third kappa shape index (κ3) is 7.43. The van der Waals surface area contributed by atoms with Crippen LogP contribution in [0.5, 0.6) is 5.75 Å². The molecule has 5 aliphatic rings. The second-order valence-electron chi connectivity index (χ2n) is 16.1. The van der Waals surface area contributed by atoms with Gasteiger partial charge < -0.3 is 24.0 Å². The SMILES string of the molecule is C=S1(=O)NC(=O)c2ccc3c(c2)N(C[C@@H]2CC[C@H]2[C@@](CN2CCN(C(=O)OC)CC2)(OC)/C=C/C[C@H](C)[C@H]1C)C[C@@]1(CCCc2cc(Cl)ccc21)CO3. The van der Waals surface area contributed by atoms with Crippen LogP contribution < -0.4 is 14.4 Å². The topological polar surface area (TPSA) is 101 Å². The Morgan fingerprint density at radius 2 is 1.91 bits per heavy atom. The molecule has 1 N–H and O–H groups in total. The summed E-state index contributed by atoms with van der Waals surface area (Å²) in [5, 5.41) is 0.377. The highest BCUT2D eigenvalue weighted by atomic mass is 35.5. The minimum absolute atomic E-state index is 0.0137. The number of anilines is 1. The molecule has 7 rings (SSSR count). The minimum Gasteiger partial charge on any atom is -0.490 e. The summed E-state index contributed by atoms with van der Waals surface area (Å²) in [4.78, 5) is 32.7. The zero-order valence-electron chi connectivity index (χ0n) is 31.6. The maximum absolute atomic E-state index is 14.0. The Morgan fingerprint density at radius 1 is 1.11 bits per heavy atom. The number of amides is 2. The summed E-state index contributed by atoms with van der Waals surface area (Å²) >= 11 is 6.50. The number of ether oxygens (including phenoxy) is 3. The largest absolute Gasteiger partial charge is 0.490 e. The number of allylic oxidation sites excluding steroid dienone is 1. The highest BCUT2D eigenvalue weighted by Crippen LogP contribution is 2.49. The van der Waals surface area contributed by atoms with E-state index < -0.39 is 21.2 Å². The molecule has 3 aliphatic heterocycles. The van der Waals surface area contributed by atoms with Gasteiger partial charge in [0.05, 0.1) is 29.1 Å². The first-order chi connectivity index (χ1) is 25.4. The lowest BCUT2D eigenvalue weighted by molar-refractivity contribution is -0.0949. The van der Waals surface area contributed by atoms with Crippen molar-refractivity contribution in [1.29, 1.82) is 0 Å². The van der Waals surface area contributed by atoms with Crippen LogP contribution in [0.1, 0.15) is 67.4 Å². The number of piperazine rings is 1. The Morgan fingerprint density at radius 3 is 2.62 bits per heavy atom. The highest BCUT2D eigenvalue weighted by molar-refractivity contribution is 7.99. The number of nitrogens with zero attached hydrogens (tertiary/aromatic N) is 3. The maximum atomic E-state index is 14.0. The smallest absolute Gasteiger partial charge is 0.409 e. The third-order valence-corrected chi connectivity index (χ3v) is 15.5. The van der Waals surface area contributed by atoms with Crippen LogP contribution in [0, 0.1) is 17.8 Å². The van der Waals surface area contributed by atoms with Gasteiger partial charge in [-0.3, -0.25) is 14.4 Å². The van der Waals surface area contributed by atoms with Gasteiger partial charge in [0, 0.05) is 74.2 Å². The van der Waals surface area contributed by atoms with Crippen molar-refractivity contribution in [3.8, 4) is 5.75 Å². The lowest BCUT2D eigenvalue weighted by atomic mass is 9.63. The van der Waals surface area contributed by atoms with Crippen molar-refractivity contribution in [3.63, 3.8) is 0 Å². The van der Waals surface area contributed by atoms with Crippen molar-refractivity contribution in [1.82, 2.24) is 14.5 Å². The van der Waals surface area contributed by atoms with Gasteiger partial charge in [-0.15, -0.1) is 0 Å².